The van der Waals surface area contributed by atoms with Gasteiger partial charge in [0.1, 0.15) is 45.6 Å². The number of hydrogen-bond donors (Lipinski definition) is 1. The van der Waals surface area contributed by atoms with Crippen LogP contribution in [0.3, 0.4) is 0 Å². The monoisotopic (exact) mass is 534 g/mol. The number of thiazole rings is 1. The van der Waals surface area contributed by atoms with Crippen molar-refractivity contribution in [1.82, 2.24) is 44.9 Å². The lowest BCUT2D eigenvalue weighted by atomic mass is 9.99. The van der Waals surface area contributed by atoms with Crippen LogP contribution >= 0.6 is 11.3 Å². The van der Waals surface area contributed by atoms with Gasteiger partial charge in [-0.2, -0.15) is 5.26 Å². The van der Waals surface area contributed by atoms with Crippen molar-refractivity contribution in [3.63, 3.8) is 0 Å². The number of nitrogens with one attached hydrogen (secondary N) is 1. The summed E-state index contributed by atoms with van der Waals surface area (Å²) < 4.78 is 0. The van der Waals surface area contributed by atoms with Crippen LogP contribution in [0.4, 0.5) is 0 Å². The molecule has 39 heavy (non-hydrogen) atoms. The molecule has 0 aromatic carbocycles. The first-order valence-corrected chi connectivity index (χ1v) is 13.7. The van der Waals surface area contributed by atoms with Gasteiger partial charge in [-0.05, 0) is 18.1 Å². The maximum Gasteiger partial charge on any atom is 0.147 e. The number of nitrogens with zero attached hydrogens (tertiary/aromatic N) is 9. The molecule has 6 heterocycles. The number of fused-ring (bicyclic) bond motifs is 3. The minimum Gasteiger partial charge on any atom is -0.345 e. The molecule has 6 rings (SSSR count). The highest BCUT2D eigenvalue weighted by Gasteiger charge is 2.22. The fourth-order valence-electron chi connectivity index (χ4n) is 4.98. The number of H-pyrrole nitrogens is 1. The van der Waals surface area contributed by atoms with Gasteiger partial charge >= 0.3 is 0 Å². The third-order valence-electron chi connectivity index (χ3n) is 6.88. The van der Waals surface area contributed by atoms with Crippen molar-refractivity contribution in [3.8, 4) is 6.07 Å². The maximum atomic E-state index is 9.53. The standard InChI is InChI=1S/C28H26N10S/c1-14(2)22-21-17(10-29)11-31-27(21)37-19(35-22)9-16(4)24-26-28(39-13-34-26)38-20(36-24)8-15(3)23-25-18(32-12-33-23)6-5-7-30-25/h5-7,11-16H,8-9H2,1-4H3,(H,31,35,37). The van der Waals surface area contributed by atoms with Gasteiger partial charge in [0.25, 0.3) is 0 Å². The number of aromatic amines is 1. The minimum atomic E-state index is -0.00364. The van der Waals surface area contributed by atoms with E-state index in [1.165, 1.54) is 11.3 Å². The zero-order valence-electron chi connectivity index (χ0n) is 22.0. The Morgan fingerprint density at radius 2 is 1.64 bits per heavy atom. The number of rotatable bonds is 7. The topological polar surface area (TPSA) is 143 Å². The SMILES string of the molecule is CC(C)c1nc(CC(C)c2nc(CC(C)c3ncnc4cccnc34)nc3scnc23)nc2[nH]cc(C#N)c12. The second-order valence-electron chi connectivity index (χ2n) is 10.1. The molecule has 0 radical (unpaired) electrons. The fourth-order valence-corrected chi connectivity index (χ4v) is 5.67. The molecule has 6 aromatic rings. The summed E-state index contributed by atoms with van der Waals surface area (Å²) in [4.78, 5) is 41.5. The van der Waals surface area contributed by atoms with Gasteiger partial charge < -0.3 is 4.98 Å². The summed E-state index contributed by atoms with van der Waals surface area (Å²) in [5, 5.41) is 10.3. The highest BCUT2D eigenvalue weighted by atomic mass is 32.1. The highest BCUT2D eigenvalue weighted by Crippen LogP contribution is 2.31. The summed E-state index contributed by atoms with van der Waals surface area (Å²) in [6.45, 7) is 8.39. The van der Waals surface area contributed by atoms with E-state index in [9.17, 15) is 5.26 Å². The van der Waals surface area contributed by atoms with Gasteiger partial charge in [-0.3, -0.25) is 4.98 Å². The molecule has 0 saturated heterocycles. The first-order valence-electron chi connectivity index (χ1n) is 12.9. The molecule has 10 nitrogen and oxygen atoms in total. The van der Waals surface area contributed by atoms with Crippen LogP contribution in [0.15, 0.2) is 36.4 Å². The second kappa shape index (κ2) is 10.0. The van der Waals surface area contributed by atoms with Crippen molar-refractivity contribution in [2.75, 3.05) is 0 Å². The van der Waals surface area contributed by atoms with Crippen LogP contribution in [0.2, 0.25) is 0 Å². The summed E-state index contributed by atoms with van der Waals surface area (Å²) in [5.41, 5.74) is 8.15. The van der Waals surface area contributed by atoms with Crippen molar-refractivity contribution in [1.29, 1.82) is 5.26 Å². The molecule has 0 saturated carbocycles. The zero-order chi connectivity index (χ0) is 27.1. The summed E-state index contributed by atoms with van der Waals surface area (Å²) in [7, 11) is 0. The van der Waals surface area contributed by atoms with Gasteiger partial charge in [-0.25, -0.2) is 34.9 Å². The van der Waals surface area contributed by atoms with Crippen molar-refractivity contribution in [3.05, 3.63) is 70.7 Å². The Bertz CT molecular complexity index is 1860. The van der Waals surface area contributed by atoms with Gasteiger partial charge in [0.05, 0.1) is 39.1 Å². The van der Waals surface area contributed by atoms with E-state index in [4.69, 9.17) is 19.9 Å². The molecular formula is C28H26N10S. The summed E-state index contributed by atoms with van der Waals surface area (Å²) >= 11 is 1.51. The lowest BCUT2D eigenvalue weighted by Crippen LogP contribution is -2.12. The van der Waals surface area contributed by atoms with Crippen molar-refractivity contribution in [2.45, 2.75) is 58.3 Å². The Morgan fingerprint density at radius 1 is 0.872 bits per heavy atom. The molecule has 194 valence electrons. The van der Waals surface area contributed by atoms with Gasteiger partial charge in [-0.1, -0.05) is 27.7 Å². The third-order valence-corrected chi connectivity index (χ3v) is 7.60. The number of hydrogen-bond acceptors (Lipinski definition) is 10. The van der Waals surface area contributed by atoms with Crippen molar-refractivity contribution >= 4 is 43.8 Å². The van der Waals surface area contributed by atoms with E-state index >= 15 is 0 Å². The molecule has 11 heteroatoms. The smallest absolute Gasteiger partial charge is 0.147 e. The van der Waals surface area contributed by atoms with E-state index in [1.54, 1.807) is 18.7 Å². The fraction of sp³-hybridized carbons (Fsp3) is 0.321. The minimum absolute atomic E-state index is 0.00364. The lowest BCUT2D eigenvalue weighted by molar-refractivity contribution is 0.663. The molecule has 2 unspecified atom stereocenters. The largest absolute Gasteiger partial charge is 0.345 e. The summed E-state index contributed by atoms with van der Waals surface area (Å²) in [5.74, 6) is 1.64. The Balaban J connectivity index is 1.34. The number of nitriles is 1. The lowest BCUT2D eigenvalue weighted by Gasteiger charge is -2.16. The molecule has 1 N–H and O–H groups in total. The average Bonchev–Trinajstić information content (AvgIpc) is 3.58. The predicted octanol–water partition coefficient (Wildman–Crippen LogP) is 5.38. The maximum absolute atomic E-state index is 9.53. The van der Waals surface area contributed by atoms with Crippen LogP contribution in [-0.2, 0) is 12.8 Å². The first kappa shape index (κ1) is 24.9. The Hall–Kier alpha value is -4.43. The molecule has 0 amide bonds. The van der Waals surface area contributed by atoms with Gasteiger partial charge in [0.15, 0.2) is 0 Å². The van der Waals surface area contributed by atoms with Gasteiger partial charge in [0.2, 0.25) is 0 Å². The van der Waals surface area contributed by atoms with Crippen LogP contribution in [0.1, 0.15) is 79.7 Å². The van der Waals surface area contributed by atoms with E-state index in [2.05, 4.69) is 58.7 Å². The molecule has 6 aromatic heterocycles. The molecule has 0 fully saturated rings. The molecule has 0 bridgehead atoms. The van der Waals surface area contributed by atoms with Gasteiger partial charge in [0, 0.05) is 37.1 Å². The van der Waals surface area contributed by atoms with Crippen LogP contribution < -0.4 is 0 Å². The van der Waals surface area contributed by atoms with E-state index in [-0.39, 0.29) is 17.8 Å². The van der Waals surface area contributed by atoms with Crippen LogP contribution in [0.5, 0.6) is 0 Å². The first-order chi connectivity index (χ1) is 18.9. The second-order valence-corrected chi connectivity index (χ2v) is 10.9. The van der Waals surface area contributed by atoms with Gasteiger partial charge in [-0.15, -0.1) is 11.3 Å². The van der Waals surface area contributed by atoms with Crippen molar-refractivity contribution < 1.29 is 0 Å². The summed E-state index contributed by atoms with van der Waals surface area (Å²) in [6, 6.07) is 6.06. The molecule has 0 aliphatic rings. The Kier molecular flexibility index (Phi) is 6.40. The Labute approximate surface area is 228 Å². The Morgan fingerprint density at radius 3 is 2.44 bits per heavy atom. The normalized spacial score (nSPS) is 13.3. The molecular weight excluding hydrogens is 508 g/mol. The van der Waals surface area contributed by atoms with Crippen LogP contribution in [0, 0.1) is 11.3 Å². The molecule has 0 aliphatic carbocycles. The highest BCUT2D eigenvalue weighted by molar-refractivity contribution is 7.16. The van der Waals surface area contributed by atoms with E-state index in [0.717, 1.165) is 49.7 Å². The molecule has 2 atom stereocenters. The van der Waals surface area contributed by atoms with E-state index in [1.807, 2.05) is 17.6 Å². The van der Waals surface area contributed by atoms with Crippen LogP contribution in [-0.4, -0.2) is 44.9 Å². The zero-order valence-corrected chi connectivity index (χ0v) is 22.9. The van der Waals surface area contributed by atoms with Crippen molar-refractivity contribution in [2.24, 2.45) is 0 Å². The van der Waals surface area contributed by atoms with E-state index in [0.29, 0.717) is 29.9 Å². The van der Waals surface area contributed by atoms with Crippen LogP contribution in [0.25, 0.3) is 32.4 Å². The summed E-state index contributed by atoms with van der Waals surface area (Å²) in [6.07, 6.45) is 6.24. The molecule has 0 aliphatic heterocycles. The third kappa shape index (κ3) is 4.57. The number of aromatic nitrogens is 9. The number of pyridine rings is 1. The van der Waals surface area contributed by atoms with E-state index < -0.39 is 0 Å². The molecule has 0 spiro atoms. The predicted molar refractivity (Wildman–Crippen MR) is 149 cm³/mol. The average molecular weight is 535 g/mol. The quantitative estimate of drug-likeness (QED) is 0.285.